The van der Waals surface area contributed by atoms with Gasteiger partial charge in [-0.1, -0.05) is 6.92 Å². The number of anilines is 2. The summed E-state index contributed by atoms with van der Waals surface area (Å²) in [4.78, 5) is 10.0. The Morgan fingerprint density at radius 1 is 1.60 bits per heavy atom. The molecule has 2 atom stereocenters. The molecule has 2 rings (SSSR count). The lowest BCUT2D eigenvalue weighted by atomic mass is 9.96. The highest BCUT2D eigenvalue weighted by molar-refractivity contribution is 5.41. The number of nitrogens with two attached hydrogens (primary N) is 1. The summed E-state index contributed by atoms with van der Waals surface area (Å²) in [6.45, 7) is 3.60. The van der Waals surface area contributed by atoms with Crippen molar-refractivity contribution in [1.82, 2.24) is 9.97 Å². The topological polar surface area (TPSA) is 75.3 Å². The van der Waals surface area contributed by atoms with Crippen LogP contribution in [0.1, 0.15) is 13.3 Å². The van der Waals surface area contributed by atoms with Gasteiger partial charge >= 0.3 is 0 Å². The van der Waals surface area contributed by atoms with E-state index in [0.717, 1.165) is 18.8 Å². The van der Waals surface area contributed by atoms with Crippen molar-refractivity contribution in [3.63, 3.8) is 0 Å². The van der Waals surface area contributed by atoms with Crippen molar-refractivity contribution in [1.29, 1.82) is 0 Å². The number of nitrogen functional groups attached to an aromatic ring is 1. The minimum absolute atomic E-state index is 0.278. The summed E-state index contributed by atoms with van der Waals surface area (Å²) < 4.78 is 0. The van der Waals surface area contributed by atoms with Crippen LogP contribution in [0.4, 0.5) is 11.8 Å². The van der Waals surface area contributed by atoms with Crippen molar-refractivity contribution in [2.45, 2.75) is 19.4 Å². The van der Waals surface area contributed by atoms with Gasteiger partial charge in [0.25, 0.3) is 0 Å². The van der Waals surface area contributed by atoms with Crippen LogP contribution in [0.3, 0.4) is 0 Å². The molecule has 0 radical (unpaired) electrons. The van der Waals surface area contributed by atoms with E-state index in [2.05, 4.69) is 16.9 Å². The zero-order chi connectivity index (χ0) is 10.8. The van der Waals surface area contributed by atoms with Crippen molar-refractivity contribution in [2.75, 3.05) is 23.7 Å². The van der Waals surface area contributed by atoms with E-state index in [9.17, 15) is 5.11 Å². The molecule has 1 aromatic rings. The van der Waals surface area contributed by atoms with E-state index in [-0.39, 0.29) is 12.1 Å². The first-order valence-electron chi connectivity index (χ1n) is 5.18. The minimum atomic E-state index is -0.282. The number of nitrogens with zero attached hydrogens (tertiary/aromatic N) is 3. The summed E-state index contributed by atoms with van der Waals surface area (Å²) in [7, 11) is 0. The van der Waals surface area contributed by atoms with Gasteiger partial charge in [-0.25, -0.2) is 4.98 Å². The maximum absolute atomic E-state index is 9.76. The maximum Gasteiger partial charge on any atom is 0.221 e. The second-order valence-electron chi connectivity index (χ2n) is 4.05. The Labute approximate surface area is 88.9 Å². The van der Waals surface area contributed by atoms with Crippen molar-refractivity contribution >= 4 is 11.8 Å². The number of rotatable bonds is 1. The summed E-state index contributed by atoms with van der Waals surface area (Å²) in [5.41, 5.74) is 5.52. The fourth-order valence-electron chi connectivity index (χ4n) is 1.80. The van der Waals surface area contributed by atoms with Gasteiger partial charge in [0.05, 0.1) is 6.10 Å². The number of hydrogen-bond donors (Lipinski definition) is 2. The molecular weight excluding hydrogens is 192 g/mol. The second-order valence-corrected chi connectivity index (χ2v) is 4.05. The molecule has 1 aliphatic rings. The minimum Gasteiger partial charge on any atom is -0.391 e. The second kappa shape index (κ2) is 4.02. The Hall–Kier alpha value is -1.36. The third-order valence-corrected chi connectivity index (χ3v) is 2.90. The van der Waals surface area contributed by atoms with E-state index in [0.29, 0.717) is 12.5 Å². The lowest BCUT2D eigenvalue weighted by Gasteiger charge is -2.34. The molecule has 5 heteroatoms. The predicted molar refractivity (Wildman–Crippen MR) is 58.4 cm³/mol. The van der Waals surface area contributed by atoms with Crippen molar-refractivity contribution in [2.24, 2.45) is 5.92 Å². The Morgan fingerprint density at radius 3 is 3.07 bits per heavy atom. The first-order valence-corrected chi connectivity index (χ1v) is 5.18. The van der Waals surface area contributed by atoms with E-state index in [4.69, 9.17) is 5.73 Å². The van der Waals surface area contributed by atoms with Gasteiger partial charge < -0.3 is 15.7 Å². The van der Waals surface area contributed by atoms with Gasteiger partial charge in [-0.3, -0.25) is 0 Å². The molecule has 5 nitrogen and oxygen atoms in total. The molecule has 1 aromatic heterocycles. The van der Waals surface area contributed by atoms with Crippen LogP contribution < -0.4 is 10.6 Å². The Balaban J connectivity index is 2.12. The van der Waals surface area contributed by atoms with Crippen LogP contribution in [0.5, 0.6) is 0 Å². The monoisotopic (exact) mass is 208 g/mol. The van der Waals surface area contributed by atoms with Crippen LogP contribution in [0.15, 0.2) is 12.3 Å². The lowest BCUT2D eigenvalue weighted by Crippen LogP contribution is -2.43. The van der Waals surface area contributed by atoms with Gasteiger partial charge in [-0.05, 0) is 18.4 Å². The van der Waals surface area contributed by atoms with Crippen LogP contribution in [-0.4, -0.2) is 34.3 Å². The fraction of sp³-hybridized carbons (Fsp3) is 0.600. The smallest absolute Gasteiger partial charge is 0.221 e. The quantitative estimate of drug-likeness (QED) is 0.692. The average molecular weight is 208 g/mol. The molecule has 3 N–H and O–H groups in total. The number of β-amino-alcohol motifs (C(OH)–C–C–N with tert-alkyl or cyclic N) is 1. The standard InChI is InChI=1S/C10H16N4O/c1-7-3-5-14(6-8(7)15)9-2-4-12-10(11)13-9/h2,4,7-8,15H,3,5-6H2,1H3,(H2,11,12,13). The third-order valence-electron chi connectivity index (χ3n) is 2.90. The molecule has 0 saturated carbocycles. The van der Waals surface area contributed by atoms with Gasteiger partial charge in [-0.2, -0.15) is 4.98 Å². The van der Waals surface area contributed by atoms with Gasteiger partial charge in [0.2, 0.25) is 5.95 Å². The number of hydrogen-bond acceptors (Lipinski definition) is 5. The summed E-state index contributed by atoms with van der Waals surface area (Å²) in [5.74, 6) is 1.44. The molecule has 1 saturated heterocycles. The van der Waals surface area contributed by atoms with E-state index >= 15 is 0 Å². The van der Waals surface area contributed by atoms with Crippen LogP contribution in [0.2, 0.25) is 0 Å². The molecule has 2 heterocycles. The van der Waals surface area contributed by atoms with Crippen LogP contribution in [-0.2, 0) is 0 Å². The van der Waals surface area contributed by atoms with E-state index < -0.39 is 0 Å². The van der Waals surface area contributed by atoms with Gasteiger partial charge in [0.1, 0.15) is 5.82 Å². The van der Waals surface area contributed by atoms with E-state index in [1.807, 2.05) is 11.0 Å². The van der Waals surface area contributed by atoms with Crippen molar-refractivity contribution < 1.29 is 5.11 Å². The SMILES string of the molecule is CC1CCN(c2ccnc(N)n2)CC1O. The highest BCUT2D eigenvalue weighted by Gasteiger charge is 2.24. The molecular formula is C10H16N4O. The zero-order valence-electron chi connectivity index (χ0n) is 8.80. The molecule has 82 valence electrons. The van der Waals surface area contributed by atoms with Crippen molar-refractivity contribution in [3.05, 3.63) is 12.3 Å². The number of aromatic nitrogens is 2. The molecule has 2 unspecified atom stereocenters. The first-order chi connectivity index (χ1) is 7.16. The normalized spacial score (nSPS) is 26.7. The number of aliphatic hydroxyl groups excluding tert-OH is 1. The molecule has 15 heavy (non-hydrogen) atoms. The third kappa shape index (κ3) is 2.18. The molecule has 0 amide bonds. The number of aliphatic hydroxyl groups is 1. The Bertz CT molecular complexity index is 344. The number of piperidine rings is 1. The molecule has 1 aliphatic heterocycles. The van der Waals surface area contributed by atoms with Crippen LogP contribution in [0.25, 0.3) is 0 Å². The largest absolute Gasteiger partial charge is 0.391 e. The lowest BCUT2D eigenvalue weighted by molar-refractivity contribution is 0.102. The van der Waals surface area contributed by atoms with Crippen LogP contribution >= 0.6 is 0 Å². The summed E-state index contributed by atoms with van der Waals surface area (Å²) in [6.07, 6.45) is 2.34. The van der Waals surface area contributed by atoms with Gasteiger partial charge in [0, 0.05) is 19.3 Å². The van der Waals surface area contributed by atoms with Crippen molar-refractivity contribution in [3.8, 4) is 0 Å². The molecule has 1 fully saturated rings. The fourth-order valence-corrected chi connectivity index (χ4v) is 1.80. The zero-order valence-corrected chi connectivity index (χ0v) is 8.80. The van der Waals surface area contributed by atoms with E-state index in [1.54, 1.807) is 6.20 Å². The van der Waals surface area contributed by atoms with Gasteiger partial charge in [0.15, 0.2) is 0 Å². The molecule has 0 bridgehead atoms. The average Bonchev–Trinajstić information content (AvgIpc) is 2.22. The Kier molecular flexibility index (Phi) is 2.73. The van der Waals surface area contributed by atoms with E-state index in [1.165, 1.54) is 0 Å². The van der Waals surface area contributed by atoms with Gasteiger partial charge in [-0.15, -0.1) is 0 Å². The van der Waals surface area contributed by atoms with Crippen LogP contribution in [0, 0.1) is 5.92 Å². The summed E-state index contributed by atoms with van der Waals surface area (Å²) in [5, 5.41) is 9.76. The molecule has 0 aromatic carbocycles. The highest BCUT2D eigenvalue weighted by Crippen LogP contribution is 2.21. The first kappa shape index (κ1) is 10.2. The summed E-state index contributed by atoms with van der Waals surface area (Å²) in [6, 6.07) is 1.82. The molecule has 0 spiro atoms. The summed E-state index contributed by atoms with van der Waals surface area (Å²) >= 11 is 0. The maximum atomic E-state index is 9.76. The predicted octanol–water partition coefficient (Wildman–Crippen LogP) is 0.266. The Morgan fingerprint density at radius 2 is 2.40 bits per heavy atom. The molecule has 0 aliphatic carbocycles. The highest BCUT2D eigenvalue weighted by atomic mass is 16.3.